The number of benzene rings is 1. The number of aliphatic imine (C=N–C) groups is 1. The van der Waals surface area contributed by atoms with Crippen molar-refractivity contribution in [2.24, 2.45) is 10.9 Å². The Bertz CT molecular complexity index is 1420. The first kappa shape index (κ1) is 24.3. The van der Waals surface area contributed by atoms with E-state index in [1.165, 1.54) is 43.5 Å². The Hall–Kier alpha value is -4.04. The largest absolute Gasteiger partial charge is 0.383 e. The molecular weight excluding hydrogens is 472 g/mol. The molecule has 2 aliphatic rings. The van der Waals surface area contributed by atoms with Crippen molar-refractivity contribution in [2.75, 3.05) is 23.7 Å². The SMILES string of the molecule is C=Nc1ccc(-n2cccn2)nc1N(Cc1cccnc1N)c1ccc2c(c1)CCC2N1CCC(C)CC1. The van der Waals surface area contributed by atoms with Gasteiger partial charge in [-0.15, -0.1) is 0 Å². The predicted octanol–water partition coefficient (Wildman–Crippen LogP) is 5.63. The van der Waals surface area contributed by atoms with Gasteiger partial charge in [0.05, 0.1) is 6.54 Å². The lowest BCUT2D eigenvalue weighted by atomic mass is 9.96. The molecule has 1 saturated heterocycles. The van der Waals surface area contributed by atoms with Crippen LogP contribution in [-0.4, -0.2) is 44.5 Å². The molecule has 6 rings (SSSR count). The lowest BCUT2D eigenvalue weighted by Gasteiger charge is -2.35. The van der Waals surface area contributed by atoms with E-state index >= 15 is 0 Å². The molecule has 1 fully saturated rings. The third-order valence-electron chi connectivity index (χ3n) is 8.00. The van der Waals surface area contributed by atoms with Gasteiger partial charge in [0.25, 0.3) is 0 Å². The number of hydrogen-bond acceptors (Lipinski definition) is 7. The summed E-state index contributed by atoms with van der Waals surface area (Å²) in [5.74, 6) is 2.76. The quantitative estimate of drug-likeness (QED) is 0.327. The zero-order valence-corrected chi connectivity index (χ0v) is 21.9. The van der Waals surface area contributed by atoms with Gasteiger partial charge in [-0.2, -0.15) is 5.10 Å². The van der Waals surface area contributed by atoms with Crippen LogP contribution in [0.1, 0.15) is 48.9 Å². The summed E-state index contributed by atoms with van der Waals surface area (Å²) in [4.78, 5) is 18.5. The van der Waals surface area contributed by atoms with E-state index in [2.05, 4.69) is 56.7 Å². The van der Waals surface area contributed by atoms with E-state index in [-0.39, 0.29) is 0 Å². The molecule has 4 heterocycles. The van der Waals surface area contributed by atoms with Crippen LogP contribution >= 0.6 is 0 Å². The summed E-state index contributed by atoms with van der Waals surface area (Å²) in [7, 11) is 0. The molecule has 0 spiro atoms. The molecule has 8 heteroatoms. The highest BCUT2D eigenvalue weighted by atomic mass is 15.3. The monoisotopic (exact) mass is 506 g/mol. The molecule has 2 N–H and O–H groups in total. The molecule has 0 amide bonds. The minimum absolute atomic E-state index is 0.504. The Morgan fingerprint density at radius 3 is 2.71 bits per heavy atom. The van der Waals surface area contributed by atoms with E-state index in [1.807, 2.05) is 36.5 Å². The zero-order chi connectivity index (χ0) is 26.1. The third-order valence-corrected chi connectivity index (χ3v) is 8.00. The number of fused-ring (bicyclic) bond motifs is 1. The van der Waals surface area contributed by atoms with Gasteiger partial charge in [-0.1, -0.05) is 19.1 Å². The van der Waals surface area contributed by atoms with Crippen molar-refractivity contribution in [2.45, 2.75) is 45.2 Å². The van der Waals surface area contributed by atoms with Crippen LogP contribution in [-0.2, 0) is 13.0 Å². The van der Waals surface area contributed by atoms with Crippen LogP contribution in [0.5, 0.6) is 0 Å². The smallest absolute Gasteiger partial charge is 0.161 e. The number of nitrogen functional groups attached to an aromatic ring is 1. The highest BCUT2D eigenvalue weighted by Gasteiger charge is 2.31. The molecule has 8 nitrogen and oxygen atoms in total. The van der Waals surface area contributed by atoms with Gasteiger partial charge in [0.1, 0.15) is 11.5 Å². The molecule has 1 aliphatic carbocycles. The number of aromatic nitrogens is 4. The summed E-state index contributed by atoms with van der Waals surface area (Å²) < 4.78 is 1.75. The van der Waals surface area contributed by atoms with E-state index in [4.69, 9.17) is 10.7 Å². The lowest BCUT2D eigenvalue weighted by Crippen LogP contribution is -2.35. The zero-order valence-electron chi connectivity index (χ0n) is 21.9. The molecular formula is C30H34N8. The summed E-state index contributed by atoms with van der Waals surface area (Å²) in [6.07, 6.45) is 10.2. The molecule has 0 radical (unpaired) electrons. The molecule has 1 atom stereocenters. The summed E-state index contributed by atoms with van der Waals surface area (Å²) in [6.45, 7) is 9.09. The molecule has 1 aromatic carbocycles. The second kappa shape index (κ2) is 10.4. The van der Waals surface area contributed by atoms with Crippen molar-refractivity contribution >= 4 is 29.7 Å². The number of anilines is 3. The van der Waals surface area contributed by atoms with Crippen molar-refractivity contribution < 1.29 is 0 Å². The van der Waals surface area contributed by atoms with Crippen LogP contribution in [0.2, 0.25) is 0 Å². The fraction of sp³-hybridized carbons (Fsp3) is 0.333. The second-order valence-corrected chi connectivity index (χ2v) is 10.4. The standard InChI is InChI=1S/C30H34N8/c1-21-12-17-36(18-13-21)27-10-6-22-19-24(7-8-25(22)27)37(20-23-5-3-14-33-29(23)31)30-26(32-2)9-11-28(35-30)38-16-4-15-34-38/h3-5,7-9,11,14-16,19,21,27H,2,6,10,12-13,17-18,20H2,1H3,(H2,31,33). The number of likely N-dealkylation sites (tertiary alicyclic amines) is 1. The molecule has 0 saturated carbocycles. The third kappa shape index (κ3) is 4.67. The fourth-order valence-electron chi connectivity index (χ4n) is 5.80. The molecule has 1 aliphatic heterocycles. The fourth-order valence-corrected chi connectivity index (χ4v) is 5.80. The number of aryl methyl sites for hydroxylation is 1. The second-order valence-electron chi connectivity index (χ2n) is 10.4. The highest BCUT2D eigenvalue weighted by Crippen LogP contribution is 2.42. The molecule has 3 aromatic heterocycles. The van der Waals surface area contributed by atoms with E-state index in [1.54, 1.807) is 17.1 Å². The van der Waals surface area contributed by atoms with Crippen molar-refractivity contribution in [1.29, 1.82) is 0 Å². The van der Waals surface area contributed by atoms with Crippen molar-refractivity contribution in [3.8, 4) is 5.82 Å². The Kier molecular flexibility index (Phi) is 6.64. The highest BCUT2D eigenvalue weighted by molar-refractivity contribution is 5.74. The average Bonchev–Trinajstić information content (AvgIpc) is 3.63. The Morgan fingerprint density at radius 1 is 1.08 bits per heavy atom. The Balaban J connectivity index is 1.40. The number of nitrogens with two attached hydrogens (primary N) is 1. The van der Waals surface area contributed by atoms with Gasteiger partial charge in [0.15, 0.2) is 11.6 Å². The van der Waals surface area contributed by atoms with Gasteiger partial charge in [0, 0.05) is 35.9 Å². The number of hydrogen-bond donors (Lipinski definition) is 1. The maximum absolute atomic E-state index is 6.29. The molecule has 194 valence electrons. The van der Waals surface area contributed by atoms with Crippen LogP contribution in [0.3, 0.4) is 0 Å². The summed E-state index contributed by atoms with van der Waals surface area (Å²) >= 11 is 0. The van der Waals surface area contributed by atoms with Crippen LogP contribution in [0.25, 0.3) is 5.82 Å². The van der Waals surface area contributed by atoms with Gasteiger partial charge in [0.2, 0.25) is 0 Å². The normalized spacial score (nSPS) is 17.9. The van der Waals surface area contributed by atoms with Gasteiger partial charge < -0.3 is 10.6 Å². The van der Waals surface area contributed by atoms with Crippen LogP contribution < -0.4 is 10.6 Å². The van der Waals surface area contributed by atoms with Crippen molar-refractivity contribution in [3.05, 3.63) is 83.8 Å². The van der Waals surface area contributed by atoms with Gasteiger partial charge >= 0.3 is 0 Å². The van der Waals surface area contributed by atoms with Gasteiger partial charge in [-0.3, -0.25) is 9.89 Å². The number of pyridine rings is 2. The van der Waals surface area contributed by atoms with Crippen molar-refractivity contribution in [3.63, 3.8) is 0 Å². The molecule has 4 aromatic rings. The maximum atomic E-state index is 6.29. The number of rotatable bonds is 7. The first-order valence-electron chi connectivity index (χ1n) is 13.4. The summed E-state index contributed by atoms with van der Waals surface area (Å²) in [5.41, 5.74) is 11.8. The van der Waals surface area contributed by atoms with E-state index in [9.17, 15) is 0 Å². The lowest BCUT2D eigenvalue weighted by molar-refractivity contribution is 0.137. The van der Waals surface area contributed by atoms with Crippen molar-refractivity contribution in [1.82, 2.24) is 24.6 Å². The van der Waals surface area contributed by atoms with Crippen LogP contribution in [0.15, 0.2) is 72.1 Å². The number of nitrogens with zero attached hydrogens (tertiary/aromatic N) is 7. The average molecular weight is 507 g/mol. The Labute approximate surface area is 223 Å². The topological polar surface area (TPSA) is 88.5 Å². The summed E-state index contributed by atoms with van der Waals surface area (Å²) in [5, 5.41) is 4.37. The van der Waals surface area contributed by atoms with Gasteiger partial charge in [-0.25, -0.2) is 14.6 Å². The first-order valence-corrected chi connectivity index (χ1v) is 13.4. The predicted molar refractivity (Wildman–Crippen MR) is 153 cm³/mol. The van der Waals surface area contributed by atoms with E-state index in [0.717, 1.165) is 23.6 Å². The first-order chi connectivity index (χ1) is 18.6. The maximum Gasteiger partial charge on any atom is 0.161 e. The number of piperidine rings is 1. The molecule has 1 unspecified atom stereocenters. The van der Waals surface area contributed by atoms with Gasteiger partial charge in [-0.05, 0) is 98.9 Å². The van der Waals surface area contributed by atoms with Crippen LogP contribution in [0.4, 0.5) is 23.0 Å². The minimum Gasteiger partial charge on any atom is -0.383 e. The van der Waals surface area contributed by atoms with E-state index < -0.39 is 0 Å². The summed E-state index contributed by atoms with van der Waals surface area (Å²) in [6, 6.07) is 17.0. The van der Waals surface area contributed by atoms with E-state index in [0.29, 0.717) is 35.7 Å². The van der Waals surface area contributed by atoms with Crippen LogP contribution in [0, 0.1) is 5.92 Å². The minimum atomic E-state index is 0.504. The molecule has 38 heavy (non-hydrogen) atoms. The Morgan fingerprint density at radius 2 is 1.95 bits per heavy atom. The molecule has 0 bridgehead atoms.